The van der Waals surface area contributed by atoms with Gasteiger partial charge in [-0.15, -0.1) is 0 Å². The van der Waals surface area contributed by atoms with Crippen molar-refractivity contribution in [3.8, 4) is 0 Å². The van der Waals surface area contributed by atoms with E-state index in [1.807, 2.05) is 0 Å². The topological polar surface area (TPSA) is 73.1 Å². The highest BCUT2D eigenvalue weighted by Crippen LogP contribution is 2.24. The third-order valence-electron chi connectivity index (χ3n) is 2.11. The minimum Gasteiger partial charge on any atom is -0.293 e. The smallest absolute Gasteiger partial charge is 0.293 e. The van der Waals surface area contributed by atoms with Crippen LogP contribution in [0.25, 0.3) is 0 Å². The number of ketones is 1. The monoisotopic (exact) mass is 248 g/mol. The average Bonchev–Trinajstić information content (AvgIpc) is 2.79. The van der Waals surface area contributed by atoms with Crippen LogP contribution < -0.4 is 0 Å². The Kier molecular flexibility index (Phi) is 3.24. The summed E-state index contributed by atoms with van der Waals surface area (Å²) >= 11 is 0.892. The summed E-state index contributed by atoms with van der Waals surface area (Å²) in [4.78, 5) is 26.2. The van der Waals surface area contributed by atoms with Gasteiger partial charge in [-0.3, -0.25) is 19.9 Å². The first kappa shape index (κ1) is 11.4. The molecule has 0 fully saturated rings. The lowest BCUT2D eigenvalue weighted by molar-refractivity contribution is -0.380. The molecule has 0 saturated carbocycles. The van der Waals surface area contributed by atoms with Crippen LogP contribution in [-0.4, -0.2) is 15.7 Å². The van der Waals surface area contributed by atoms with Gasteiger partial charge in [0.2, 0.25) is 0 Å². The van der Waals surface area contributed by atoms with Gasteiger partial charge in [-0.05, 0) is 18.2 Å². The SMILES string of the molecule is O=C(Cc1ccccn1)c1ccc([N+](=O)[O-])s1. The molecule has 0 aromatic carbocycles. The number of aromatic nitrogens is 1. The molecule has 0 spiro atoms. The van der Waals surface area contributed by atoms with Crippen LogP contribution in [0.1, 0.15) is 15.4 Å². The minimum absolute atomic E-state index is 0.0191. The highest BCUT2D eigenvalue weighted by molar-refractivity contribution is 7.17. The second kappa shape index (κ2) is 4.84. The summed E-state index contributed by atoms with van der Waals surface area (Å²) in [6, 6.07) is 8.14. The predicted molar refractivity (Wildman–Crippen MR) is 63.2 cm³/mol. The van der Waals surface area contributed by atoms with Crippen LogP contribution >= 0.6 is 11.3 Å². The number of rotatable bonds is 4. The second-order valence-corrected chi connectivity index (χ2v) is 4.38. The lowest BCUT2D eigenvalue weighted by Crippen LogP contribution is -2.02. The molecule has 2 rings (SSSR count). The number of nitrogens with zero attached hydrogens (tertiary/aromatic N) is 2. The minimum atomic E-state index is -0.498. The maximum Gasteiger partial charge on any atom is 0.324 e. The van der Waals surface area contributed by atoms with E-state index in [1.165, 1.54) is 12.1 Å². The summed E-state index contributed by atoms with van der Waals surface area (Å²) in [6.45, 7) is 0. The molecule has 0 saturated heterocycles. The molecule has 0 atom stereocenters. The third-order valence-corrected chi connectivity index (χ3v) is 3.19. The van der Waals surface area contributed by atoms with Gasteiger partial charge < -0.3 is 0 Å². The average molecular weight is 248 g/mol. The number of pyridine rings is 1. The van der Waals surface area contributed by atoms with E-state index < -0.39 is 4.92 Å². The zero-order chi connectivity index (χ0) is 12.3. The fourth-order valence-electron chi connectivity index (χ4n) is 1.33. The van der Waals surface area contributed by atoms with E-state index in [1.54, 1.807) is 24.4 Å². The first-order valence-corrected chi connectivity index (χ1v) is 5.66. The van der Waals surface area contributed by atoms with Gasteiger partial charge in [0.05, 0.1) is 16.2 Å². The van der Waals surface area contributed by atoms with E-state index in [-0.39, 0.29) is 17.2 Å². The van der Waals surface area contributed by atoms with E-state index in [2.05, 4.69) is 4.98 Å². The van der Waals surface area contributed by atoms with Gasteiger partial charge in [0.15, 0.2) is 5.78 Å². The molecule has 2 aromatic heterocycles. The molecule has 17 heavy (non-hydrogen) atoms. The Bertz CT molecular complexity index is 551. The molecule has 0 N–H and O–H groups in total. The molecule has 5 nitrogen and oxygen atoms in total. The number of hydrogen-bond acceptors (Lipinski definition) is 5. The molecule has 0 radical (unpaired) electrons. The van der Waals surface area contributed by atoms with E-state index in [0.717, 1.165) is 11.3 Å². The Hall–Kier alpha value is -2.08. The van der Waals surface area contributed by atoms with E-state index in [4.69, 9.17) is 0 Å². The van der Waals surface area contributed by atoms with E-state index in [0.29, 0.717) is 10.6 Å². The summed E-state index contributed by atoms with van der Waals surface area (Å²) < 4.78 is 0. The Balaban J connectivity index is 2.12. The highest BCUT2D eigenvalue weighted by atomic mass is 32.1. The van der Waals surface area contributed by atoms with Crippen LogP contribution in [0.2, 0.25) is 0 Å². The van der Waals surface area contributed by atoms with Gasteiger partial charge >= 0.3 is 5.00 Å². The number of hydrogen-bond donors (Lipinski definition) is 0. The van der Waals surface area contributed by atoms with Gasteiger partial charge in [-0.2, -0.15) is 0 Å². The van der Waals surface area contributed by atoms with Crippen molar-refractivity contribution in [1.82, 2.24) is 4.98 Å². The molecule has 0 unspecified atom stereocenters. The molecule has 0 aliphatic carbocycles. The van der Waals surface area contributed by atoms with Crippen LogP contribution in [0.3, 0.4) is 0 Å². The predicted octanol–water partition coefficient (Wildman–Crippen LogP) is 2.48. The quantitative estimate of drug-likeness (QED) is 0.473. The summed E-state index contributed by atoms with van der Waals surface area (Å²) in [6.07, 6.45) is 1.78. The maximum absolute atomic E-state index is 11.8. The molecule has 2 heterocycles. The third kappa shape index (κ3) is 2.73. The van der Waals surface area contributed by atoms with Crippen LogP contribution in [0, 0.1) is 10.1 Å². The summed E-state index contributed by atoms with van der Waals surface area (Å²) in [5.41, 5.74) is 0.661. The summed E-state index contributed by atoms with van der Waals surface area (Å²) in [7, 11) is 0. The van der Waals surface area contributed by atoms with Crippen molar-refractivity contribution < 1.29 is 9.72 Å². The molecule has 0 amide bonds. The maximum atomic E-state index is 11.8. The van der Waals surface area contributed by atoms with Gasteiger partial charge in [0, 0.05) is 18.0 Å². The van der Waals surface area contributed by atoms with Crippen LogP contribution in [0.4, 0.5) is 5.00 Å². The van der Waals surface area contributed by atoms with Gasteiger partial charge in [0.1, 0.15) is 0 Å². The zero-order valence-corrected chi connectivity index (χ0v) is 9.52. The Morgan fingerprint density at radius 3 is 2.76 bits per heavy atom. The van der Waals surface area contributed by atoms with Crippen molar-refractivity contribution in [1.29, 1.82) is 0 Å². The van der Waals surface area contributed by atoms with Crippen molar-refractivity contribution in [2.45, 2.75) is 6.42 Å². The molecular weight excluding hydrogens is 240 g/mol. The zero-order valence-electron chi connectivity index (χ0n) is 8.70. The molecule has 6 heteroatoms. The Morgan fingerprint density at radius 2 is 2.18 bits per heavy atom. The molecule has 0 bridgehead atoms. The fourth-order valence-corrected chi connectivity index (χ4v) is 2.09. The first-order chi connectivity index (χ1) is 8.16. The lowest BCUT2D eigenvalue weighted by Gasteiger charge is -1.96. The van der Waals surface area contributed by atoms with Gasteiger partial charge in [-0.25, -0.2) is 0 Å². The first-order valence-electron chi connectivity index (χ1n) is 4.84. The van der Waals surface area contributed by atoms with Crippen molar-refractivity contribution in [3.05, 3.63) is 57.2 Å². The fraction of sp³-hybridized carbons (Fsp3) is 0.0909. The number of nitro groups is 1. The Morgan fingerprint density at radius 1 is 1.35 bits per heavy atom. The largest absolute Gasteiger partial charge is 0.324 e. The van der Waals surface area contributed by atoms with Crippen molar-refractivity contribution in [3.63, 3.8) is 0 Å². The van der Waals surface area contributed by atoms with Crippen LogP contribution in [0.5, 0.6) is 0 Å². The molecule has 86 valence electrons. The summed E-state index contributed by atoms with van der Waals surface area (Å²) in [5, 5.41) is 10.5. The normalized spacial score (nSPS) is 10.1. The number of Topliss-reactive ketones (excluding diaryl/α,β-unsaturated/α-hetero) is 1. The molecular formula is C11H8N2O3S. The molecule has 2 aromatic rings. The number of carbonyl (C=O) groups excluding carboxylic acids is 1. The van der Waals surface area contributed by atoms with Crippen molar-refractivity contribution >= 4 is 22.1 Å². The van der Waals surface area contributed by atoms with Gasteiger partial charge in [-0.1, -0.05) is 17.4 Å². The van der Waals surface area contributed by atoms with Gasteiger partial charge in [0.25, 0.3) is 0 Å². The van der Waals surface area contributed by atoms with E-state index >= 15 is 0 Å². The molecule has 0 aliphatic rings. The lowest BCUT2D eigenvalue weighted by atomic mass is 10.2. The highest BCUT2D eigenvalue weighted by Gasteiger charge is 2.15. The summed E-state index contributed by atoms with van der Waals surface area (Å²) in [5.74, 6) is -0.151. The standard InChI is InChI=1S/C11H8N2O3S/c14-9(7-8-3-1-2-6-12-8)10-4-5-11(17-10)13(15)16/h1-6H,7H2. The molecule has 0 aliphatic heterocycles. The van der Waals surface area contributed by atoms with Crippen molar-refractivity contribution in [2.75, 3.05) is 0 Å². The van der Waals surface area contributed by atoms with Crippen LogP contribution in [0.15, 0.2) is 36.5 Å². The van der Waals surface area contributed by atoms with Crippen LogP contribution in [-0.2, 0) is 6.42 Å². The van der Waals surface area contributed by atoms with E-state index in [9.17, 15) is 14.9 Å². The van der Waals surface area contributed by atoms with Crippen molar-refractivity contribution in [2.24, 2.45) is 0 Å². The second-order valence-electron chi connectivity index (χ2n) is 3.32. The number of carbonyl (C=O) groups is 1. The number of thiophene rings is 1. The Labute approximate surface area is 101 Å².